The molecule has 0 fully saturated rings. The van der Waals surface area contributed by atoms with Crippen LogP contribution in [0.25, 0.3) is 0 Å². The molecule has 0 spiro atoms. The molecule has 0 aromatic carbocycles. The summed E-state index contributed by atoms with van der Waals surface area (Å²) in [5.41, 5.74) is -2.33. The first kappa shape index (κ1) is 16.8. The molecule has 7 N–H and O–H groups in total. The van der Waals surface area contributed by atoms with Crippen molar-refractivity contribution >= 4 is 17.9 Å². The normalized spacial score (nSPS) is 8.47. The summed E-state index contributed by atoms with van der Waals surface area (Å²) >= 11 is 0. The van der Waals surface area contributed by atoms with E-state index in [-0.39, 0.29) is 11.0 Å². The number of aromatic carboxylic acids is 3. The van der Waals surface area contributed by atoms with Gasteiger partial charge in [0.05, 0.1) is 6.20 Å². The van der Waals surface area contributed by atoms with Crippen molar-refractivity contribution in [2.75, 3.05) is 0 Å². The van der Waals surface area contributed by atoms with Crippen LogP contribution in [0.5, 0.6) is 0 Å². The second-order valence-corrected chi connectivity index (χ2v) is 2.37. The molecular weight excluding hydrogens is 240 g/mol. The van der Waals surface area contributed by atoms with Crippen molar-refractivity contribution in [3.8, 4) is 0 Å². The fraction of sp³-hybridized carbons (Fsp3) is 0. The largest absolute Gasteiger partial charge is 0.476 e. The summed E-state index contributed by atoms with van der Waals surface area (Å²) in [5.74, 6) is -4.72. The number of carbonyl (C=O) groups is 3. The second kappa shape index (κ2) is 6.09. The van der Waals surface area contributed by atoms with Crippen molar-refractivity contribution in [1.29, 1.82) is 0 Å². The number of aromatic nitrogens is 2. The molecule has 0 amide bonds. The van der Waals surface area contributed by atoms with Gasteiger partial charge in [-0.1, -0.05) is 0 Å². The van der Waals surface area contributed by atoms with Crippen LogP contribution in [-0.4, -0.2) is 54.1 Å². The van der Waals surface area contributed by atoms with Crippen LogP contribution in [-0.2, 0) is 0 Å². The fourth-order valence-electron chi connectivity index (χ4n) is 0.798. The average molecular weight is 248 g/mol. The molecule has 0 aliphatic carbocycles. The average Bonchev–Trinajstić information content (AvgIpc) is 2.16. The van der Waals surface area contributed by atoms with E-state index in [1.165, 1.54) is 0 Å². The zero-order valence-corrected chi connectivity index (χ0v) is 8.04. The van der Waals surface area contributed by atoms with Crippen molar-refractivity contribution in [2.24, 2.45) is 0 Å². The second-order valence-electron chi connectivity index (χ2n) is 2.37. The van der Waals surface area contributed by atoms with Gasteiger partial charge < -0.3 is 26.3 Å². The monoisotopic (exact) mass is 248 g/mol. The predicted octanol–water partition coefficient (Wildman–Crippen LogP) is -2.08. The standard InChI is InChI=1S/C7H4N2O6.2H2O/c10-5(11)2-1-8-3(6(12)13)4(9-2)7(14)15;;/h1H,(H,10,11)(H,12,13)(H,14,15);2*1H2. The highest BCUT2D eigenvalue weighted by molar-refractivity contribution is 5.99. The first-order valence-corrected chi connectivity index (χ1v) is 3.50. The fourth-order valence-corrected chi connectivity index (χ4v) is 0.798. The molecule has 0 saturated carbocycles. The lowest BCUT2D eigenvalue weighted by Gasteiger charge is -2.00. The summed E-state index contributed by atoms with van der Waals surface area (Å²) in [5, 5.41) is 25.6. The minimum absolute atomic E-state index is 0. The van der Waals surface area contributed by atoms with Crippen molar-refractivity contribution in [3.63, 3.8) is 0 Å². The van der Waals surface area contributed by atoms with Gasteiger partial charge in [-0.05, 0) is 0 Å². The lowest BCUT2D eigenvalue weighted by Crippen LogP contribution is -2.16. The summed E-state index contributed by atoms with van der Waals surface area (Å²) in [6.07, 6.45) is 0.679. The van der Waals surface area contributed by atoms with Crippen molar-refractivity contribution in [3.05, 3.63) is 23.3 Å². The third kappa shape index (κ3) is 3.48. The van der Waals surface area contributed by atoms with E-state index in [0.29, 0.717) is 6.20 Å². The van der Waals surface area contributed by atoms with Gasteiger partial charge in [0.25, 0.3) is 0 Å². The molecule has 0 unspecified atom stereocenters. The summed E-state index contributed by atoms with van der Waals surface area (Å²) in [6.45, 7) is 0. The number of hydrogen-bond acceptors (Lipinski definition) is 5. The molecule has 10 nitrogen and oxygen atoms in total. The van der Waals surface area contributed by atoms with Gasteiger partial charge in [-0.15, -0.1) is 0 Å². The topological polar surface area (TPSA) is 201 Å². The molecule has 1 rings (SSSR count). The Bertz CT molecular complexity index is 457. The maximum Gasteiger partial charge on any atom is 0.357 e. The lowest BCUT2D eigenvalue weighted by molar-refractivity contribution is 0.0635. The Hall–Kier alpha value is -2.59. The van der Waals surface area contributed by atoms with Gasteiger partial charge in [-0.25, -0.2) is 24.4 Å². The summed E-state index contributed by atoms with van der Waals surface area (Å²) in [6, 6.07) is 0. The third-order valence-electron chi connectivity index (χ3n) is 1.40. The molecule has 0 saturated heterocycles. The van der Waals surface area contributed by atoms with Gasteiger partial charge in [0.1, 0.15) is 0 Å². The Balaban J connectivity index is 0. The molecule has 0 bridgehead atoms. The molecule has 0 atom stereocenters. The van der Waals surface area contributed by atoms with E-state index in [4.69, 9.17) is 15.3 Å². The highest BCUT2D eigenvalue weighted by atomic mass is 16.4. The van der Waals surface area contributed by atoms with Crippen LogP contribution >= 0.6 is 0 Å². The molecule has 1 aromatic heterocycles. The lowest BCUT2D eigenvalue weighted by atomic mass is 10.3. The Morgan fingerprint density at radius 3 is 1.71 bits per heavy atom. The van der Waals surface area contributed by atoms with Crippen molar-refractivity contribution in [1.82, 2.24) is 9.97 Å². The molecule has 10 heteroatoms. The van der Waals surface area contributed by atoms with Crippen LogP contribution in [0.2, 0.25) is 0 Å². The van der Waals surface area contributed by atoms with Crippen LogP contribution in [0, 0.1) is 0 Å². The van der Waals surface area contributed by atoms with E-state index in [0.717, 1.165) is 0 Å². The SMILES string of the molecule is O.O.O=C(O)c1cnc(C(=O)O)c(C(=O)O)n1. The van der Waals surface area contributed by atoms with E-state index in [2.05, 4.69) is 9.97 Å². The minimum atomic E-state index is -1.65. The van der Waals surface area contributed by atoms with E-state index < -0.39 is 35.0 Å². The van der Waals surface area contributed by atoms with Gasteiger partial charge in [-0.2, -0.15) is 0 Å². The zero-order chi connectivity index (χ0) is 11.6. The number of carboxylic acids is 3. The first-order chi connectivity index (χ1) is 6.93. The Kier molecular flexibility index (Phi) is 6.03. The molecule has 0 aliphatic heterocycles. The van der Waals surface area contributed by atoms with Crippen LogP contribution in [0.3, 0.4) is 0 Å². The highest BCUT2D eigenvalue weighted by Crippen LogP contribution is 2.04. The molecule has 17 heavy (non-hydrogen) atoms. The van der Waals surface area contributed by atoms with Crippen LogP contribution < -0.4 is 0 Å². The quantitative estimate of drug-likeness (QED) is 0.540. The number of rotatable bonds is 3. The van der Waals surface area contributed by atoms with Gasteiger partial charge >= 0.3 is 17.9 Å². The molecule has 1 aromatic rings. The predicted molar refractivity (Wildman–Crippen MR) is 50.1 cm³/mol. The molecule has 1 heterocycles. The van der Waals surface area contributed by atoms with Crippen LogP contribution in [0.15, 0.2) is 6.20 Å². The highest BCUT2D eigenvalue weighted by Gasteiger charge is 2.21. The van der Waals surface area contributed by atoms with Crippen LogP contribution in [0.1, 0.15) is 31.5 Å². The summed E-state index contributed by atoms with van der Waals surface area (Å²) < 4.78 is 0. The molecule has 0 radical (unpaired) electrons. The first-order valence-electron chi connectivity index (χ1n) is 3.50. The van der Waals surface area contributed by atoms with E-state index in [9.17, 15) is 14.4 Å². The maximum absolute atomic E-state index is 10.5. The molecule has 94 valence electrons. The maximum atomic E-state index is 10.5. The summed E-state index contributed by atoms with van der Waals surface area (Å²) in [7, 11) is 0. The van der Waals surface area contributed by atoms with E-state index in [1.807, 2.05) is 0 Å². The van der Waals surface area contributed by atoms with Crippen LogP contribution in [0.4, 0.5) is 0 Å². The van der Waals surface area contributed by atoms with Gasteiger partial charge in [0.15, 0.2) is 17.1 Å². The Labute approximate surface area is 92.8 Å². The van der Waals surface area contributed by atoms with Crippen molar-refractivity contribution < 1.29 is 40.7 Å². The Morgan fingerprint density at radius 1 is 0.882 bits per heavy atom. The van der Waals surface area contributed by atoms with E-state index >= 15 is 0 Å². The number of hydrogen-bond donors (Lipinski definition) is 3. The van der Waals surface area contributed by atoms with Gasteiger partial charge in [0, 0.05) is 0 Å². The Morgan fingerprint density at radius 2 is 1.35 bits per heavy atom. The number of carboxylic acid groups (broad SMARTS) is 3. The number of nitrogens with zero attached hydrogens (tertiary/aromatic N) is 2. The van der Waals surface area contributed by atoms with Crippen molar-refractivity contribution in [2.45, 2.75) is 0 Å². The summed E-state index contributed by atoms with van der Waals surface area (Å²) in [4.78, 5) is 37.8. The smallest absolute Gasteiger partial charge is 0.357 e. The van der Waals surface area contributed by atoms with E-state index in [1.54, 1.807) is 0 Å². The molecule has 0 aliphatic rings. The zero-order valence-electron chi connectivity index (χ0n) is 8.04. The minimum Gasteiger partial charge on any atom is -0.476 e. The van der Waals surface area contributed by atoms with Gasteiger partial charge in [-0.3, -0.25) is 0 Å². The van der Waals surface area contributed by atoms with Gasteiger partial charge in [0.2, 0.25) is 0 Å². The third-order valence-corrected chi connectivity index (χ3v) is 1.40. The molecular formula is C7H8N2O8.